The topological polar surface area (TPSA) is 57.0 Å². The van der Waals surface area contributed by atoms with Gasteiger partial charge in [0.25, 0.3) is 0 Å². The van der Waals surface area contributed by atoms with Gasteiger partial charge in [0.15, 0.2) is 0 Å². The Labute approximate surface area is 132 Å². The second kappa shape index (κ2) is 5.31. The van der Waals surface area contributed by atoms with Crippen molar-refractivity contribution < 1.29 is 4.42 Å². The number of benzene rings is 1. The molecule has 2 heterocycles. The molecule has 0 spiro atoms. The summed E-state index contributed by atoms with van der Waals surface area (Å²) < 4.78 is 8.76. The Morgan fingerprint density at radius 3 is 2.76 bits per heavy atom. The van der Waals surface area contributed by atoms with E-state index in [-0.39, 0.29) is 6.04 Å². The normalized spacial score (nSPS) is 13.0. The van der Waals surface area contributed by atoms with Gasteiger partial charge in [0.1, 0.15) is 11.3 Å². The van der Waals surface area contributed by atoms with E-state index < -0.39 is 0 Å². The van der Waals surface area contributed by atoms with Gasteiger partial charge in [0.2, 0.25) is 0 Å². The molecule has 4 nitrogen and oxygen atoms in total. The van der Waals surface area contributed by atoms with Crippen LogP contribution in [0.15, 0.2) is 33.2 Å². The molecule has 0 amide bonds. The molecule has 0 saturated heterocycles. The summed E-state index contributed by atoms with van der Waals surface area (Å²) in [5.41, 5.74) is 10.5. The molecule has 2 aromatic heterocycles. The fraction of sp³-hybridized carbons (Fsp3) is 0.312. The monoisotopic (exact) mass is 347 g/mol. The van der Waals surface area contributed by atoms with Gasteiger partial charge in [-0.1, -0.05) is 11.6 Å². The van der Waals surface area contributed by atoms with Crippen LogP contribution in [0.5, 0.6) is 0 Å². The Bertz CT molecular complexity index is 803. The zero-order chi connectivity index (χ0) is 15.1. The highest BCUT2D eigenvalue weighted by atomic mass is 79.9. The SMILES string of the molecule is Cc1ccc2oc(C(N)Cc3c(Br)c(C)nn3C)cc2c1. The van der Waals surface area contributed by atoms with Crippen molar-refractivity contribution in [3.8, 4) is 0 Å². The molecule has 0 radical (unpaired) electrons. The molecule has 1 aromatic carbocycles. The van der Waals surface area contributed by atoms with E-state index in [1.165, 1.54) is 5.56 Å². The van der Waals surface area contributed by atoms with Gasteiger partial charge >= 0.3 is 0 Å². The van der Waals surface area contributed by atoms with E-state index in [9.17, 15) is 0 Å². The van der Waals surface area contributed by atoms with Gasteiger partial charge in [0, 0.05) is 18.9 Å². The third kappa shape index (κ3) is 2.63. The Morgan fingerprint density at radius 1 is 1.33 bits per heavy atom. The van der Waals surface area contributed by atoms with Crippen molar-refractivity contribution >= 4 is 26.9 Å². The lowest BCUT2D eigenvalue weighted by molar-refractivity contribution is 0.486. The third-order valence-corrected chi connectivity index (χ3v) is 4.76. The highest BCUT2D eigenvalue weighted by molar-refractivity contribution is 9.10. The maximum atomic E-state index is 6.32. The first-order valence-corrected chi connectivity index (χ1v) is 7.68. The molecule has 3 rings (SSSR count). The number of rotatable bonds is 3. The number of aryl methyl sites for hydroxylation is 3. The number of nitrogens with two attached hydrogens (primary N) is 1. The molecule has 5 heteroatoms. The van der Waals surface area contributed by atoms with Crippen molar-refractivity contribution in [2.75, 3.05) is 0 Å². The quantitative estimate of drug-likeness (QED) is 0.784. The summed E-state index contributed by atoms with van der Waals surface area (Å²) in [7, 11) is 1.93. The van der Waals surface area contributed by atoms with E-state index in [0.717, 1.165) is 32.6 Å². The average molecular weight is 348 g/mol. The molecule has 1 unspecified atom stereocenters. The number of furan rings is 1. The summed E-state index contributed by atoms with van der Waals surface area (Å²) in [6.45, 7) is 4.05. The zero-order valence-electron chi connectivity index (χ0n) is 12.4. The maximum Gasteiger partial charge on any atom is 0.134 e. The minimum absolute atomic E-state index is 0.191. The number of fused-ring (bicyclic) bond motifs is 1. The van der Waals surface area contributed by atoms with Crippen LogP contribution in [0.1, 0.15) is 28.8 Å². The molecule has 0 fully saturated rings. The van der Waals surface area contributed by atoms with Gasteiger partial charge in [-0.3, -0.25) is 4.68 Å². The first-order valence-electron chi connectivity index (χ1n) is 6.89. The summed E-state index contributed by atoms with van der Waals surface area (Å²) in [5.74, 6) is 0.807. The molecule has 0 aliphatic rings. The molecule has 0 aliphatic heterocycles. The van der Waals surface area contributed by atoms with Crippen LogP contribution in [-0.2, 0) is 13.5 Å². The zero-order valence-corrected chi connectivity index (χ0v) is 13.9. The van der Waals surface area contributed by atoms with Crippen LogP contribution >= 0.6 is 15.9 Å². The summed E-state index contributed by atoms with van der Waals surface area (Å²) in [6, 6.07) is 7.99. The summed E-state index contributed by atoms with van der Waals surface area (Å²) in [5, 5.41) is 5.49. The van der Waals surface area contributed by atoms with E-state index in [2.05, 4.69) is 34.0 Å². The molecule has 2 N–H and O–H groups in total. The van der Waals surface area contributed by atoms with Gasteiger partial charge in [-0.15, -0.1) is 0 Å². The van der Waals surface area contributed by atoms with Crippen LogP contribution in [-0.4, -0.2) is 9.78 Å². The van der Waals surface area contributed by atoms with E-state index in [1.54, 1.807) is 0 Å². The van der Waals surface area contributed by atoms with Crippen molar-refractivity contribution in [2.24, 2.45) is 12.8 Å². The highest BCUT2D eigenvalue weighted by Gasteiger charge is 2.18. The standard InChI is InChI=1S/C16H18BrN3O/c1-9-4-5-14-11(6-9)7-15(21-14)12(18)8-13-16(17)10(2)19-20(13)3/h4-7,12H,8,18H2,1-3H3. The summed E-state index contributed by atoms with van der Waals surface area (Å²) >= 11 is 3.58. The lowest BCUT2D eigenvalue weighted by Gasteiger charge is -2.09. The number of nitrogens with zero attached hydrogens (tertiary/aromatic N) is 2. The largest absolute Gasteiger partial charge is 0.459 e. The average Bonchev–Trinajstić information content (AvgIpc) is 2.95. The van der Waals surface area contributed by atoms with Crippen LogP contribution in [0.4, 0.5) is 0 Å². The molecule has 21 heavy (non-hydrogen) atoms. The van der Waals surface area contributed by atoms with Crippen molar-refractivity contribution in [3.05, 3.63) is 51.4 Å². The molecule has 1 atom stereocenters. The fourth-order valence-corrected chi connectivity index (χ4v) is 3.07. The van der Waals surface area contributed by atoms with Crippen LogP contribution in [0.2, 0.25) is 0 Å². The van der Waals surface area contributed by atoms with Crippen molar-refractivity contribution in [1.82, 2.24) is 9.78 Å². The number of halogens is 1. The van der Waals surface area contributed by atoms with E-state index in [0.29, 0.717) is 6.42 Å². The van der Waals surface area contributed by atoms with Gasteiger partial charge in [-0.25, -0.2) is 0 Å². The Hall–Kier alpha value is -1.59. The van der Waals surface area contributed by atoms with Crippen molar-refractivity contribution in [1.29, 1.82) is 0 Å². The summed E-state index contributed by atoms with van der Waals surface area (Å²) in [4.78, 5) is 0. The smallest absolute Gasteiger partial charge is 0.134 e. The molecular formula is C16H18BrN3O. The molecule has 110 valence electrons. The molecule has 0 bridgehead atoms. The highest BCUT2D eigenvalue weighted by Crippen LogP contribution is 2.28. The van der Waals surface area contributed by atoms with Gasteiger partial charge in [0.05, 0.1) is 21.9 Å². The van der Waals surface area contributed by atoms with Gasteiger partial charge in [-0.05, 0) is 48.0 Å². The predicted octanol–water partition coefficient (Wildman–Crippen LogP) is 3.79. The number of aromatic nitrogens is 2. The lowest BCUT2D eigenvalue weighted by atomic mass is 10.1. The van der Waals surface area contributed by atoms with Crippen LogP contribution < -0.4 is 5.73 Å². The van der Waals surface area contributed by atoms with E-state index in [1.807, 2.05) is 36.9 Å². The first kappa shape index (κ1) is 14.4. The number of hydrogen-bond donors (Lipinski definition) is 1. The fourth-order valence-electron chi connectivity index (χ4n) is 2.58. The van der Waals surface area contributed by atoms with Crippen LogP contribution in [0.25, 0.3) is 11.0 Å². The lowest BCUT2D eigenvalue weighted by Crippen LogP contribution is -2.15. The third-order valence-electron chi connectivity index (χ3n) is 3.73. The van der Waals surface area contributed by atoms with Crippen LogP contribution in [0, 0.1) is 13.8 Å². The van der Waals surface area contributed by atoms with Crippen LogP contribution in [0.3, 0.4) is 0 Å². The second-order valence-electron chi connectivity index (χ2n) is 5.47. The minimum atomic E-state index is -0.191. The summed E-state index contributed by atoms with van der Waals surface area (Å²) in [6.07, 6.45) is 0.677. The Morgan fingerprint density at radius 2 is 2.10 bits per heavy atom. The van der Waals surface area contributed by atoms with Crippen molar-refractivity contribution in [2.45, 2.75) is 26.3 Å². The Kier molecular flexibility index (Phi) is 3.63. The van der Waals surface area contributed by atoms with Gasteiger partial charge in [-0.2, -0.15) is 5.10 Å². The van der Waals surface area contributed by atoms with E-state index in [4.69, 9.17) is 10.2 Å². The molecule has 0 saturated carbocycles. The van der Waals surface area contributed by atoms with E-state index >= 15 is 0 Å². The Balaban J connectivity index is 1.91. The van der Waals surface area contributed by atoms with Gasteiger partial charge < -0.3 is 10.2 Å². The molecular weight excluding hydrogens is 330 g/mol. The first-order chi connectivity index (χ1) is 9.95. The minimum Gasteiger partial charge on any atom is -0.459 e. The molecule has 3 aromatic rings. The van der Waals surface area contributed by atoms with Crippen molar-refractivity contribution in [3.63, 3.8) is 0 Å². The maximum absolute atomic E-state index is 6.32. The predicted molar refractivity (Wildman–Crippen MR) is 87.2 cm³/mol. The number of hydrogen-bond acceptors (Lipinski definition) is 3. The second-order valence-corrected chi connectivity index (χ2v) is 6.26. The molecule has 0 aliphatic carbocycles.